The van der Waals surface area contributed by atoms with Gasteiger partial charge in [-0.15, -0.1) is 0 Å². The molecule has 86 valence electrons. The zero-order valence-corrected chi connectivity index (χ0v) is 9.02. The molecule has 0 bridgehead atoms. The second-order valence-corrected chi connectivity index (χ2v) is 3.76. The highest BCUT2D eigenvalue weighted by Crippen LogP contribution is 2.06. The Morgan fingerprint density at radius 1 is 1.25 bits per heavy atom. The highest BCUT2D eigenvalue weighted by atomic mass is 16.7. The molecule has 1 amide bonds. The van der Waals surface area contributed by atoms with E-state index in [0.717, 1.165) is 5.56 Å². The van der Waals surface area contributed by atoms with Gasteiger partial charge >= 0.3 is 0 Å². The zero-order chi connectivity index (χ0) is 11.2. The minimum Gasteiger partial charge on any atom is -0.355 e. The number of hydrogen-bond donors (Lipinski definition) is 1. The Bertz CT molecular complexity index is 333. The van der Waals surface area contributed by atoms with E-state index in [2.05, 4.69) is 5.32 Å². The van der Waals surface area contributed by atoms with E-state index < -0.39 is 0 Å². The van der Waals surface area contributed by atoms with Crippen LogP contribution in [0.1, 0.15) is 5.56 Å². The number of rotatable bonds is 3. The maximum Gasteiger partial charge on any atom is 0.228 e. The molecule has 0 aliphatic carbocycles. The molecule has 1 heterocycles. The average molecular weight is 221 g/mol. The average Bonchev–Trinajstić information content (AvgIpc) is 2.38. The smallest absolute Gasteiger partial charge is 0.228 e. The van der Waals surface area contributed by atoms with Crippen LogP contribution in [0.5, 0.6) is 0 Å². The maximum absolute atomic E-state index is 11.7. The topological polar surface area (TPSA) is 47.6 Å². The van der Waals surface area contributed by atoms with Gasteiger partial charge in [0.2, 0.25) is 5.91 Å². The number of ether oxygens (including phenoxy) is 2. The van der Waals surface area contributed by atoms with Crippen molar-refractivity contribution in [3.63, 3.8) is 0 Å². The van der Waals surface area contributed by atoms with E-state index in [9.17, 15) is 4.79 Å². The van der Waals surface area contributed by atoms with Crippen molar-refractivity contribution in [1.29, 1.82) is 0 Å². The number of carbonyl (C=O) groups excluding carboxylic acids is 1. The second kappa shape index (κ2) is 5.63. The Labute approximate surface area is 94.6 Å². The van der Waals surface area contributed by atoms with Crippen molar-refractivity contribution in [3.05, 3.63) is 35.9 Å². The van der Waals surface area contributed by atoms with E-state index >= 15 is 0 Å². The Balaban J connectivity index is 1.79. The lowest BCUT2D eigenvalue weighted by Crippen LogP contribution is -2.38. The maximum atomic E-state index is 11.7. The normalized spacial score (nSPS) is 17.0. The second-order valence-electron chi connectivity index (χ2n) is 3.76. The van der Waals surface area contributed by atoms with Crippen molar-refractivity contribution in [2.75, 3.05) is 20.0 Å². The van der Waals surface area contributed by atoms with Gasteiger partial charge in [0.15, 0.2) is 0 Å². The molecule has 0 aromatic heterocycles. The predicted octanol–water partition coefficient (Wildman–Crippen LogP) is 0.923. The molecule has 0 atom stereocenters. The van der Waals surface area contributed by atoms with Crippen molar-refractivity contribution >= 4 is 5.91 Å². The van der Waals surface area contributed by atoms with Gasteiger partial charge in [-0.25, -0.2) is 0 Å². The van der Waals surface area contributed by atoms with E-state index in [0.29, 0.717) is 26.6 Å². The number of hydrogen-bond acceptors (Lipinski definition) is 3. The third-order valence-corrected chi connectivity index (χ3v) is 2.49. The number of nitrogens with one attached hydrogen (secondary N) is 1. The SMILES string of the molecule is O=C(NCc1ccccc1)C1COCOC1. The minimum atomic E-state index is -0.183. The molecule has 1 aromatic carbocycles. The van der Waals surface area contributed by atoms with Crippen LogP contribution in [-0.4, -0.2) is 25.9 Å². The summed E-state index contributed by atoms with van der Waals surface area (Å²) in [5.74, 6) is -0.194. The van der Waals surface area contributed by atoms with Gasteiger partial charge in [0.25, 0.3) is 0 Å². The molecule has 1 fully saturated rings. The summed E-state index contributed by atoms with van der Waals surface area (Å²) in [5.41, 5.74) is 1.09. The summed E-state index contributed by atoms with van der Waals surface area (Å²) in [5, 5.41) is 2.87. The van der Waals surface area contributed by atoms with Gasteiger partial charge < -0.3 is 14.8 Å². The summed E-state index contributed by atoms with van der Waals surface area (Å²) in [4.78, 5) is 11.7. The molecule has 1 aliphatic heterocycles. The number of carbonyl (C=O) groups is 1. The van der Waals surface area contributed by atoms with Crippen molar-refractivity contribution in [2.45, 2.75) is 6.54 Å². The lowest BCUT2D eigenvalue weighted by atomic mass is 10.1. The van der Waals surface area contributed by atoms with Crippen LogP contribution in [0.4, 0.5) is 0 Å². The molecule has 4 nitrogen and oxygen atoms in total. The summed E-state index contributed by atoms with van der Waals surface area (Å²) in [6.07, 6.45) is 0. The predicted molar refractivity (Wildman–Crippen MR) is 58.5 cm³/mol. The van der Waals surface area contributed by atoms with Crippen LogP contribution in [0.3, 0.4) is 0 Å². The van der Waals surface area contributed by atoms with Gasteiger partial charge in [-0.1, -0.05) is 30.3 Å². The van der Waals surface area contributed by atoms with Gasteiger partial charge in [0.05, 0.1) is 19.1 Å². The van der Waals surface area contributed by atoms with Crippen LogP contribution >= 0.6 is 0 Å². The van der Waals surface area contributed by atoms with Gasteiger partial charge in [0, 0.05) is 6.54 Å². The van der Waals surface area contributed by atoms with Gasteiger partial charge in [-0.2, -0.15) is 0 Å². The van der Waals surface area contributed by atoms with Crippen LogP contribution < -0.4 is 5.32 Å². The summed E-state index contributed by atoms with van der Waals surface area (Å²) in [6.45, 7) is 1.74. The fraction of sp³-hybridized carbons (Fsp3) is 0.417. The van der Waals surface area contributed by atoms with Crippen molar-refractivity contribution in [3.8, 4) is 0 Å². The van der Waals surface area contributed by atoms with Crippen molar-refractivity contribution in [1.82, 2.24) is 5.32 Å². The number of benzene rings is 1. The Morgan fingerprint density at radius 3 is 2.62 bits per heavy atom. The van der Waals surface area contributed by atoms with Crippen LogP contribution in [0, 0.1) is 5.92 Å². The van der Waals surface area contributed by atoms with Gasteiger partial charge in [0.1, 0.15) is 6.79 Å². The van der Waals surface area contributed by atoms with Crippen LogP contribution in [-0.2, 0) is 20.8 Å². The highest BCUT2D eigenvalue weighted by Gasteiger charge is 2.21. The summed E-state index contributed by atoms with van der Waals surface area (Å²) in [6, 6.07) is 9.82. The standard InChI is InChI=1S/C12H15NO3/c14-12(11-7-15-9-16-8-11)13-6-10-4-2-1-3-5-10/h1-5,11H,6-9H2,(H,13,14). The molecule has 1 saturated heterocycles. The van der Waals surface area contributed by atoms with Crippen LogP contribution in [0.15, 0.2) is 30.3 Å². The first kappa shape index (κ1) is 11.1. The molecule has 0 unspecified atom stereocenters. The van der Waals surface area contributed by atoms with Crippen molar-refractivity contribution < 1.29 is 14.3 Å². The molecule has 4 heteroatoms. The van der Waals surface area contributed by atoms with E-state index in [1.165, 1.54) is 0 Å². The van der Waals surface area contributed by atoms with Crippen molar-refractivity contribution in [2.24, 2.45) is 5.92 Å². The van der Waals surface area contributed by atoms with E-state index in [1.54, 1.807) is 0 Å². The first-order valence-electron chi connectivity index (χ1n) is 5.33. The highest BCUT2D eigenvalue weighted by molar-refractivity contribution is 5.78. The third kappa shape index (κ3) is 3.05. The van der Waals surface area contributed by atoms with E-state index in [1.807, 2.05) is 30.3 Å². The third-order valence-electron chi connectivity index (χ3n) is 2.49. The molecule has 1 aromatic rings. The molecule has 0 radical (unpaired) electrons. The molecule has 1 aliphatic rings. The van der Waals surface area contributed by atoms with Crippen LogP contribution in [0.2, 0.25) is 0 Å². The Kier molecular flexibility index (Phi) is 3.91. The summed E-state index contributed by atoms with van der Waals surface area (Å²) in [7, 11) is 0. The van der Waals surface area contributed by atoms with E-state index in [-0.39, 0.29) is 11.8 Å². The molecule has 0 saturated carbocycles. The summed E-state index contributed by atoms with van der Waals surface area (Å²) >= 11 is 0. The molecule has 1 N–H and O–H groups in total. The zero-order valence-electron chi connectivity index (χ0n) is 9.02. The fourth-order valence-corrected chi connectivity index (χ4v) is 1.57. The number of amides is 1. The molecular formula is C12H15NO3. The first-order valence-corrected chi connectivity index (χ1v) is 5.33. The largest absolute Gasteiger partial charge is 0.355 e. The monoisotopic (exact) mass is 221 g/mol. The molecule has 16 heavy (non-hydrogen) atoms. The molecular weight excluding hydrogens is 206 g/mol. The van der Waals surface area contributed by atoms with Crippen LogP contribution in [0.25, 0.3) is 0 Å². The minimum absolute atomic E-state index is 0.0106. The van der Waals surface area contributed by atoms with E-state index in [4.69, 9.17) is 9.47 Å². The molecule has 2 rings (SSSR count). The Hall–Kier alpha value is -1.39. The lowest BCUT2D eigenvalue weighted by Gasteiger charge is -2.21. The molecule has 0 spiro atoms. The van der Waals surface area contributed by atoms with Gasteiger partial charge in [-0.05, 0) is 5.56 Å². The lowest BCUT2D eigenvalue weighted by molar-refractivity contribution is -0.151. The fourth-order valence-electron chi connectivity index (χ4n) is 1.57. The Morgan fingerprint density at radius 2 is 1.94 bits per heavy atom. The quantitative estimate of drug-likeness (QED) is 0.825. The summed E-state index contributed by atoms with van der Waals surface area (Å²) < 4.78 is 10.1. The first-order chi connectivity index (χ1) is 7.86. The van der Waals surface area contributed by atoms with Gasteiger partial charge in [-0.3, -0.25) is 4.79 Å².